The third kappa shape index (κ3) is 5.16. The van der Waals surface area contributed by atoms with Gasteiger partial charge in [-0.25, -0.2) is 23.6 Å². The molecule has 1 saturated carbocycles. The molecule has 2 N–H and O–H groups in total. The van der Waals surface area contributed by atoms with Crippen molar-refractivity contribution in [3.8, 4) is 11.8 Å². The van der Waals surface area contributed by atoms with Gasteiger partial charge < -0.3 is 10.3 Å². The molecule has 0 radical (unpaired) electrons. The van der Waals surface area contributed by atoms with Crippen molar-refractivity contribution in [2.24, 2.45) is 28.7 Å². The number of carbonyl (C=O) groups excluding carboxylic acids is 1. The van der Waals surface area contributed by atoms with E-state index in [0.29, 0.717) is 36.8 Å². The highest BCUT2D eigenvalue weighted by Gasteiger charge is 2.44. The van der Waals surface area contributed by atoms with Gasteiger partial charge in [0.1, 0.15) is 11.5 Å². The van der Waals surface area contributed by atoms with Gasteiger partial charge in [-0.15, -0.1) is 5.92 Å². The van der Waals surface area contributed by atoms with Crippen LogP contribution in [-0.4, -0.2) is 48.0 Å². The molecule has 0 bridgehead atoms. The summed E-state index contributed by atoms with van der Waals surface area (Å²) < 4.78 is 42.4. The number of nitrogens with zero attached hydrogens (tertiary/aromatic N) is 2. The van der Waals surface area contributed by atoms with Gasteiger partial charge in [-0.05, 0) is 63.4 Å². The highest BCUT2D eigenvalue weighted by atomic mass is 19.3. The zero-order valence-electron chi connectivity index (χ0n) is 21.4. The standard InChI is InChI=1S/C29H35F3N4O/c1-3-5-19-8-10-21(11-9-19)29(32)12-14-36(15-13-29)28(37)22-17-24(26-33-27(25(30)31)35-34-26)23(16-18(22)2)20-6-4-7-20/h8-10,16-17,20-21,23-25,27,35H,4,6-7,11-15H2,1-2H3,(H,33,34). The van der Waals surface area contributed by atoms with E-state index in [1.165, 1.54) is 0 Å². The monoisotopic (exact) mass is 512 g/mol. The molecule has 4 unspecified atom stereocenters. The van der Waals surface area contributed by atoms with Crippen molar-refractivity contribution < 1.29 is 18.0 Å². The van der Waals surface area contributed by atoms with E-state index in [2.05, 4.69) is 33.8 Å². The Hall–Kier alpha value is -2.79. The lowest BCUT2D eigenvalue weighted by Gasteiger charge is -2.42. The summed E-state index contributed by atoms with van der Waals surface area (Å²) in [6.45, 7) is 4.42. The Morgan fingerprint density at radius 3 is 2.57 bits per heavy atom. The third-order valence-electron chi connectivity index (χ3n) is 8.65. The summed E-state index contributed by atoms with van der Waals surface area (Å²) in [5, 5.41) is 0. The summed E-state index contributed by atoms with van der Waals surface area (Å²) >= 11 is 0. The van der Waals surface area contributed by atoms with E-state index in [-0.39, 0.29) is 36.5 Å². The molecule has 37 heavy (non-hydrogen) atoms. The van der Waals surface area contributed by atoms with Crippen molar-refractivity contribution in [1.82, 2.24) is 15.8 Å². The SMILES string of the molecule is CC#CC1=CCC(C2(F)CCN(C(=O)C3=CC(C4=NC(C(F)F)NN4)C(C4CCC4)C=C3C)CC2)C=C1. The van der Waals surface area contributed by atoms with Crippen molar-refractivity contribution in [1.29, 1.82) is 0 Å². The van der Waals surface area contributed by atoms with E-state index in [4.69, 9.17) is 0 Å². The Labute approximate surface area is 217 Å². The van der Waals surface area contributed by atoms with E-state index in [0.717, 1.165) is 30.4 Å². The second-order valence-electron chi connectivity index (χ2n) is 10.8. The first-order chi connectivity index (χ1) is 17.8. The van der Waals surface area contributed by atoms with Crippen LogP contribution in [0.1, 0.15) is 52.4 Å². The number of halogens is 3. The maximum atomic E-state index is 15.9. The fraction of sp³-hybridized carbons (Fsp3) is 0.586. The molecule has 5 rings (SSSR count). The molecular weight excluding hydrogens is 477 g/mol. The van der Waals surface area contributed by atoms with Gasteiger partial charge in [-0.2, -0.15) is 0 Å². The molecule has 5 aliphatic rings. The minimum atomic E-state index is -2.62. The number of alkyl halides is 3. The van der Waals surface area contributed by atoms with Gasteiger partial charge in [0.15, 0.2) is 6.17 Å². The minimum absolute atomic E-state index is 0.114. The summed E-state index contributed by atoms with van der Waals surface area (Å²) in [4.78, 5) is 19.6. The summed E-state index contributed by atoms with van der Waals surface area (Å²) in [5.74, 6) is 6.31. The lowest BCUT2D eigenvalue weighted by atomic mass is 9.67. The molecule has 198 valence electrons. The van der Waals surface area contributed by atoms with Gasteiger partial charge in [0.25, 0.3) is 12.3 Å². The van der Waals surface area contributed by atoms with Gasteiger partial charge in [-0.3, -0.25) is 4.79 Å². The van der Waals surface area contributed by atoms with Gasteiger partial charge in [0.05, 0.1) is 0 Å². The van der Waals surface area contributed by atoms with Crippen molar-refractivity contribution >= 4 is 11.7 Å². The van der Waals surface area contributed by atoms with Crippen molar-refractivity contribution in [3.63, 3.8) is 0 Å². The Balaban J connectivity index is 1.29. The molecule has 2 heterocycles. The van der Waals surface area contributed by atoms with E-state index in [9.17, 15) is 13.6 Å². The number of carbonyl (C=O) groups is 1. The lowest BCUT2D eigenvalue weighted by molar-refractivity contribution is -0.130. The number of aliphatic imine (C=N–C) groups is 1. The average Bonchev–Trinajstić information content (AvgIpc) is 3.34. The minimum Gasteiger partial charge on any atom is -0.338 e. The molecular formula is C29H35F3N4O. The topological polar surface area (TPSA) is 56.7 Å². The highest BCUT2D eigenvalue weighted by molar-refractivity contribution is 6.00. The highest BCUT2D eigenvalue weighted by Crippen LogP contribution is 2.44. The molecule has 0 spiro atoms. The van der Waals surface area contributed by atoms with Crippen LogP contribution < -0.4 is 10.9 Å². The summed E-state index contributed by atoms with van der Waals surface area (Å²) in [5.41, 5.74) is 6.46. The third-order valence-corrected chi connectivity index (χ3v) is 8.65. The van der Waals surface area contributed by atoms with E-state index >= 15 is 4.39 Å². The van der Waals surface area contributed by atoms with E-state index < -0.39 is 18.3 Å². The average molecular weight is 513 g/mol. The lowest BCUT2D eigenvalue weighted by Crippen LogP contribution is -2.48. The quantitative estimate of drug-likeness (QED) is 0.518. The largest absolute Gasteiger partial charge is 0.338 e. The zero-order valence-corrected chi connectivity index (χ0v) is 21.4. The second kappa shape index (κ2) is 10.5. The molecule has 0 aromatic carbocycles. The molecule has 5 nitrogen and oxygen atoms in total. The first kappa shape index (κ1) is 25.8. The van der Waals surface area contributed by atoms with E-state index in [1.807, 2.05) is 31.2 Å². The summed E-state index contributed by atoms with van der Waals surface area (Å²) in [6.07, 6.45) is 10.5. The molecule has 3 aliphatic carbocycles. The molecule has 4 atom stereocenters. The number of hydrogen-bond acceptors (Lipinski definition) is 4. The Bertz CT molecular complexity index is 1130. The van der Waals surface area contributed by atoms with Gasteiger partial charge in [0.2, 0.25) is 0 Å². The molecule has 0 aromatic rings. The normalized spacial score (nSPS) is 31.4. The number of amides is 1. The number of hydrogen-bond donors (Lipinski definition) is 2. The first-order valence-corrected chi connectivity index (χ1v) is 13.4. The fourth-order valence-corrected chi connectivity index (χ4v) is 6.17. The number of nitrogens with one attached hydrogen (secondary N) is 2. The Morgan fingerprint density at radius 2 is 2.00 bits per heavy atom. The summed E-state index contributed by atoms with van der Waals surface area (Å²) in [7, 11) is 0. The van der Waals surface area contributed by atoms with Crippen LogP contribution in [0.5, 0.6) is 0 Å². The molecule has 2 aliphatic heterocycles. The van der Waals surface area contributed by atoms with Gasteiger partial charge >= 0.3 is 0 Å². The van der Waals surface area contributed by atoms with Gasteiger partial charge in [-0.1, -0.05) is 42.7 Å². The maximum absolute atomic E-state index is 15.9. The fourth-order valence-electron chi connectivity index (χ4n) is 6.17. The zero-order chi connectivity index (χ0) is 26.2. The van der Waals surface area contributed by atoms with Crippen molar-refractivity contribution in [3.05, 3.63) is 47.1 Å². The van der Waals surface area contributed by atoms with Crippen LogP contribution in [-0.2, 0) is 4.79 Å². The van der Waals surface area contributed by atoms with Crippen molar-refractivity contribution in [2.75, 3.05) is 13.1 Å². The number of amidine groups is 1. The van der Waals surface area contributed by atoms with Crippen LogP contribution in [0.25, 0.3) is 0 Å². The van der Waals surface area contributed by atoms with Crippen molar-refractivity contribution in [2.45, 2.75) is 70.6 Å². The predicted octanol–water partition coefficient (Wildman–Crippen LogP) is 4.86. The molecule has 0 aromatic heterocycles. The first-order valence-electron chi connectivity index (χ1n) is 13.4. The molecule has 2 fully saturated rings. The number of rotatable bonds is 5. The molecule has 1 amide bonds. The van der Waals surface area contributed by atoms with Crippen LogP contribution in [0, 0.1) is 35.5 Å². The van der Waals surface area contributed by atoms with Crippen LogP contribution in [0.2, 0.25) is 0 Å². The van der Waals surface area contributed by atoms with Crippen LogP contribution in [0.3, 0.4) is 0 Å². The maximum Gasteiger partial charge on any atom is 0.275 e. The van der Waals surface area contributed by atoms with Gasteiger partial charge in [0, 0.05) is 36.1 Å². The second-order valence-corrected chi connectivity index (χ2v) is 10.8. The van der Waals surface area contributed by atoms with Crippen LogP contribution in [0.15, 0.2) is 52.1 Å². The summed E-state index contributed by atoms with van der Waals surface area (Å²) in [6, 6.07) is 0. The predicted molar refractivity (Wildman–Crippen MR) is 138 cm³/mol. The Kier molecular flexibility index (Phi) is 7.35. The molecule has 8 heteroatoms. The smallest absolute Gasteiger partial charge is 0.275 e. The van der Waals surface area contributed by atoms with Crippen LogP contribution >= 0.6 is 0 Å². The number of hydrazine groups is 1. The number of piperidine rings is 1. The number of allylic oxidation sites excluding steroid dienone is 5. The van der Waals surface area contributed by atoms with Crippen LogP contribution in [0.4, 0.5) is 13.2 Å². The number of likely N-dealkylation sites (tertiary alicyclic amines) is 1. The Morgan fingerprint density at radius 1 is 1.24 bits per heavy atom. The molecule has 1 saturated heterocycles. The van der Waals surface area contributed by atoms with E-state index in [1.54, 1.807) is 11.8 Å².